The molecule has 0 spiro atoms. The van der Waals surface area contributed by atoms with Crippen LogP contribution in [0.2, 0.25) is 0 Å². The first-order chi connectivity index (χ1) is 8.59. The number of rotatable bonds is 0. The number of hydrogen-bond acceptors (Lipinski definition) is 0. The molecule has 0 unspecified atom stereocenters. The Bertz CT molecular complexity index is 812. The summed E-state index contributed by atoms with van der Waals surface area (Å²) in [6, 6.07) is 13.1. The van der Waals surface area contributed by atoms with Gasteiger partial charge in [0, 0.05) is 4.47 Å². The lowest BCUT2D eigenvalue weighted by Crippen LogP contribution is -2.05. The fourth-order valence-corrected chi connectivity index (χ4v) is 3.36. The molecule has 0 aromatic heterocycles. The molecule has 3 aromatic rings. The molecule has 0 saturated carbocycles. The van der Waals surface area contributed by atoms with Crippen molar-refractivity contribution in [3.8, 4) is 0 Å². The van der Waals surface area contributed by atoms with E-state index in [1.54, 1.807) is 0 Å². The standard InChI is InChI=1S/C16H12Br2/c1-9-3-6-13-14(18)8-5-11-4-7-12(10(2)17)15(9)16(11)13/h3-8H,1-2H3/b12-10+. The summed E-state index contributed by atoms with van der Waals surface area (Å²) in [6.45, 7) is 4.27. The SMILES string of the molecule is C/C(Br)=c1/ccc2ccc(Br)c3ccc(C)c1c23. The molecule has 0 aliphatic rings. The molecule has 0 heterocycles. The average Bonchev–Trinajstić information content (AvgIpc) is 2.35. The van der Waals surface area contributed by atoms with Crippen LogP contribution in [0.15, 0.2) is 40.9 Å². The van der Waals surface area contributed by atoms with E-state index >= 15 is 0 Å². The first kappa shape index (κ1) is 12.2. The van der Waals surface area contributed by atoms with Gasteiger partial charge in [-0.15, -0.1) is 0 Å². The van der Waals surface area contributed by atoms with Gasteiger partial charge in [0.15, 0.2) is 0 Å². The average molecular weight is 364 g/mol. The van der Waals surface area contributed by atoms with Crippen molar-refractivity contribution in [1.82, 2.24) is 0 Å². The van der Waals surface area contributed by atoms with E-state index in [1.165, 1.54) is 36.8 Å². The normalized spacial score (nSPS) is 13.3. The molecule has 90 valence electrons. The zero-order valence-electron chi connectivity index (χ0n) is 10.2. The summed E-state index contributed by atoms with van der Waals surface area (Å²) in [5, 5.41) is 6.55. The van der Waals surface area contributed by atoms with Gasteiger partial charge in [-0.25, -0.2) is 0 Å². The highest BCUT2D eigenvalue weighted by Gasteiger charge is 2.08. The minimum absolute atomic E-state index is 1.16. The van der Waals surface area contributed by atoms with Gasteiger partial charge in [0.05, 0.1) is 0 Å². The molecule has 2 heteroatoms. The van der Waals surface area contributed by atoms with Crippen molar-refractivity contribution in [2.45, 2.75) is 13.8 Å². The molecule has 0 radical (unpaired) electrons. The summed E-state index contributed by atoms with van der Waals surface area (Å²) >= 11 is 7.27. The lowest BCUT2D eigenvalue weighted by molar-refractivity contribution is 1.52. The molecular formula is C16H12Br2. The van der Waals surface area contributed by atoms with Crippen molar-refractivity contribution in [3.63, 3.8) is 0 Å². The Morgan fingerprint density at radius 2 is 1.67 bits per heavy atom. The highest BCUT2D eigenvalue weighted by molar-refractivity contribution is 9.14. The van der Waals surface area contributed by atoms with Crippen molar-refractivity contribution < 1.29 is 0 Å². The molecular weight excluding hydrogens is 352 g/mol. The van der Waals surface area contributed by atoms with Gasteiger partial charge in [-0.2, -0.15) is 0 Å². The van der Waals surface area contributed by atoms with Gasteiger partial charge in [-0.3, -0.25) is 0 Å². The second-order valence-electron chi connectivity index (χ2n) is 4.60. The number of halogens is 2. The van der Waals surface area contributed by atoms with Crippen LogP contribution in [0.3, 0.4) is 0 Å². The Morgan fingerprint density at radius 3 is 2.39 bits per heavy atom. The van der Waals surface area contributed by atoms with Gasteiger partial charge >= 0.3 is 0 Å². The topological polar surface area (TPSA) is 0 Å². The van der Waals surface area contributed by atoms with Gasteiger partial charge in [-0.1, -0.05) is 62.2 Å². The molecule has 0 aliphatic carbocycles. The lowest BCUT2D eigenvalue weighted by atomic mass is 9.96. The molecule has 0 bridgehead atoms. The third kappa shape index (κ3) is 1.70. The van der Waals surface area contributed by atoms with Crippen molar-refractivity contribution in [2.24, 2.45) is 0 Å². The molecule has 0 aliphatic heterocycles. The van der Waals surface area contributed by atoms with Gasteiger partial charge in [0.2, 0.25) is 0 Å². The maximum atomic E-state index is 3.65. The Kier molecular flexibility index (Phi) is 2.95. The number of hydrogen-bond donors (Lipinski definition) is 0. The Hall–Kier alpha value is -0.860. The molecule has 0 atom stereocenters. The molecule has 3 rings (SSSR count). The third-order valence-corrected chi connectivity index (χ3v) is 4.56. The van der Waals surface area contributed by atoms with E-state index in [-0.39, 0.29) is 0 Å². The van der Waals surface area contributed by atoms with Crippen LogP contribution < -0.4 is 5.22 Å². The summed E-state index contributed by atoms with van der Waals surface area (Å²) in [4.78, 5) is 0. The monoisotopic (exact) mass is 362 g/mol. The lowest BCUT2D eigenvalue weighted by Gasteiger charge is -2.11. The molecule has 0 N–H and O–H groups in total. The van der Waals surface area contributed by atoms with Crippen LogP contribution in [0.25, 0.3) is 26.0 Å². The van der Waals surface area contributed by atoms with Gasteiger partial charge < -0.3 is 0 Å². The van der Waals surface area contributed by atoms with Crippen molar-refractivity contribution in [2.75, 3.05) is 0 Å². The highest BCUT2D eigenvalue weighted by atomic mass is 79.9. The summed E-state index contributed by atoms with van der Waals surface area (Å²) < 4.78 is 2.34. The molecule has 0 fully saturated rings. The van der Waals surface area contributed by atoms with Crippen LogP contribution in [0.1, 0.15) is 12.5 Å². The van der Waals surface area contributed by atoms with E-state index in [0.29, 0.717) is 0 Å². The van der Waals surface area contributed by atoms with Crippen molar-refractivity contribution >= 4 is 57.9 Å². The summed E-state index contributed by atoms with van der Waals surface area (Å²) in [6.07, 6.45) is 0. The minimum Gasteiger partial charge on any atom is -0.0580 e. The molecule has 0 saturated heterocycles. The maximum Gasteiger partial charge on any atom is 0.0254 e. The van der Waals surface area contributed by atoms with Gasteiger partial charge in [-0.05, 0) is 56.7 Å². The summed E-state index contributed by atoms with van der Waals surface area (Å²) in [5.74, 6) is 0. The Morgan fingerprint density at radius 1 is 0.944 bits per heavy atom. The van der Waals surface area contributed by atoms with Crippen LogP contribution in [-0.4, -0.2) is 0 Å². The zero-order valence-corrected chi connectivity index (χ0v) is 13.4. The quantitative estimate of drug-likeness (QED) is 0.508. The van der Waals surface area contributed by atoms with E-state index in [4.69, 9.17) is 0 Å². The maximum absolute atomic E-state index is 3.65. The van der Waals surface area contributed by atoms with E-state index in [1.807, 2.05) is 0 Å². The molecule has 0 amide bonds. The van der Waals surface area contributed by atoms with Crippen LogP contribution in [0.4, 0.5) is 0 Å². The number of aryl methyl sites for hydroxylation is 1. The van der Waals surface area contributed by atoms with E-state index < -0.39 is 0 Å². The minimum atomic E-state index is 1.16. The first-order valence-corrected chi connectivity index (χ1v) is 7.45. The number of benzene rings is 3. The van der Waals surface area contributed by atoms with Crippen molar-refractivity contribution in [3.05, 3.63) is 51.7 Å². The molecule has 0 nitrogen and oxygen atoms in total. The first-order valence-electron chi connectivity index (χ1n) is 5.86. The van der Waals surface area contributed by atoms with Crippen molar-refractivity contribution in [1.29, 1.82) is 0 Å². The second kappa shape index (κ2) is 4.36. The van der Waals surface area contributed by atoms with Crippen LogP contribution in [-0.2, 0) is 0 Å². The van der Waals surface area contributed by atoms with Crippen LogP contribution in [0.5, 0.6) is 0 Å². The van der Waals surface area contributed by atoms with E-state index in [9.17, 15) is 0 Å². The molecule has 18 heavy (non-hydrogen) atoms. The zero-order chi connectivity index (χ0) is 12.9. The highest BCUT2D eigenvalue weighted by Crippen LogP contribution is 2.32. The summed E-state index contributed by atoms with van der Waals surface area (Å²) in [7, 11) is 0. The van der Waals surface area contributed by atoms with Crippen LogP contribution in [0, 0.1) is 6.92 Å². The fraction of sp³-hybridized carbons (Fsp3) is 0.125. The van der Waals surface area contributed by atoms with Gasteiger partial charge in [0.25, 0.3) is 0 Å². The fourth-order valence-electron chi connectivity index (χ4n) is 2.57. The predicted molar refractivity (Wildman–Crippen MR) is 87.1 cm³/mol. The predicted octanol–water partition coefficient (Wildman–Crippen LogP) is 5.31. The van der Waals surface area contributed by atoms with Crippen LogP contribution >= 0.6 is 31.9 Å². The summed E-state index contributed by atoms with van der Waals surface area (Å²) in [5.41, 5.74) is 1.32. The van der Waals surface area contributed by atoms with Gasteiger partial charge in [0.1, 0.15) is 0 Å². The Balaban J connectivity index is 2.76. The van der Waals surface area contributed by atoms with E-state index in [0.717, 1.165) is 4.47 Å². The van der Waals surface area contributed by atoms with E-state index in [2.05, 4.69) is 82.1 Å². The Labute approximate surface area is 123 Å². The third-order valence-electron chi connectivity index (χ3n) is 3.44. The molecule has 3 aromatic carbocycles. The second-order valence-corrected chi connectivity index (χ2v) is 6.64. The largest absolute Gasteiger partial charge is 0.0580 e. The smallest absolute Gasteiger partial charge is 0.0254 e.